The van der Waals surface area contributed by atoms with Crippen LogP contribution in [0.15, 0.2) is 24.5 Å². The first-order valence-corrected chi connectivity index (χ1v) is 5.59. The van der Waals surface area contributed by atoms with Crippen molar-refractivity contribution in [3.05, 3.63) is 45.5 Å². The van der Waals surface area contributed by atoms with Gasteiger partial charge in [-0.15, -0.1) is 0 Å². The number of nitrogen functional groups attached to an aromatic ring is 1. The summed E-state index contributed by atoms with van der Waals surface area (Å²) in [4.78, 5) is 17.7. The highest BCUT2D eigenvalue weighted by molar-refractivity contribution is 6.33. The van der Waals surface area contributed by atoms with E-state index in [9.17, 15) is 14.5 Å². The third-order valence-corrected chi connectivity index (χ3v) is 2.65. The van der Waals surface area contributed by atoms with Gasteiger partial charge in [0.25, 0.3) is 0 Å². The van der Waals surface area contributed by atoms with Crippen molar-refractivity contribution in [1.82, 2.24) is 9.97 Å². The van der Waals surface area contributed by atoms with E-state index in [4.69, 9.17) is 17.4 Å². The second-order valence-electron chi connectivity index (χ2n) is 3.57. The molecule has 0 saturated heterocycles. The average Bonchev–Trinajstić information content (AvgIpc) is 2.42. The first-order chi connectivity index (χ1) is 9.52. The normalized spacial score (nSPS) is 10.2. The minimum atomic E-state index is -0.718. The molecule has 1 aromatic heterocycles. The van der Waals surface area contributed by atoms with E-state index in [0.29, 0.717) is 0 Å². The van der Waals surface area contributed by atoms with Gasteiger partial charge in [0.05, 0.1) is 15.6 Å². The Morgan fingerprint density at radius 3 is 2.70 bits per heavy atom. The number of hydrazine groups is 1. The lowest BCUT2D eigenvalue weighted by molar-refractivity contribution is -0.383. The lowest BCUT2D eigenvalue weighted by Gasteiger charge is -2.09. The highest BCUT2D eigenvalue weighted by atomic mass is 35.5. The van der Waals surface area contributed by atoms with Gasteiger partial charge in [0, 0.05) is 0 Å². The quantitative estimate of drug-likeness (QED) is 0.449. The van der Waals surface area contributed by atoms with Crippen LogP contribution in [0, 0.1) is 15.9 Å². The number of hydrogen-bond acceptors (Lipinski definition) is 7. The second kappa shape index (κ2) is 5.63. The Morgan fingerprint density at radius 1 is 1.35 bits per heavy atom. The summed E-state index contributed by atoms with van der Waals surface area (Å²) in [5, 5.41) is 13.8. The van der Waals surface area contributed by atoms with Gasteiger partial charge in [-0.1, -0.05) is 11.6 Å². The Labute approximate surface area is 116 Å². The topological polar surface area (TPSA) is 119 Å². The number of nitrogens with two attached hydrogens (primary N) is 1. The number of benzene rings is 1. The SMILES string of the molecule is NNc1ncnc(Nc2cc(F)ccc2Cl)c1[N+](=O)[O-]. The van der Waals surface area contributed by atoms with Crippen molar-refractivity contribution >= 4 is 34.6 Å². The third kappa shape index (κ3) is 2.73. The standard InChI is InChI=1S/C10H8ClFN6O2/c11-6-2-1-5(12)3-7(6)16-9-8(18(19)20)10(17-13)15-4-14-9/h1-4H,13H2,(H2,14,15,16,17). The number of halogens is 2. The van der Waals surface area contributed by atoms with Crippen molar-refractivity contribution in [2.24, 2.45) is 5.84 Å². The molecule has 10 heteroatoms. The van der Waals surface area contributed by atoms with Gasteiger partial charge in [-0.2, -0.15) is 0 Å². The zero-order valence-electron chi connectivity index (χ0n) is 9.80. The van der Waals surface area contributed by atoms with Gasteiger partial charge in [0.15, 0.2) is 0 Å². The van der Waals surface area contributed by atoms with Crippen molar-refractivity contribution in [3.8, 4) is 0 Å². The van der Waals surface area contributed by atoms with Crippen LogP contribution in [-0.4, -0.2) is 14.9 Å². The van der Waals surface area contributed by atoms with Gasteiger partial charge >= 0.3 is 5.69 Å². The van der Waals surface area contributed by atoms with Crippen molar-refractivity contribution in [1.29, 1.82) is 0 Å². The summed E-state index contributed by atoms with van der Waals surface area (Å²) in [7, 11) is 0. The van der Waals surface area contributed by atoms with E-state index in [0.717, 1.165) is 18.5 Å². The van der Waals surface area contributed by atoms with Gasteiger partial charge in [0.1, 0.15) is 12.1 Å². The van der Waals surface area contributed by atoms with Crippen molar-refractivity contribution < 1.29 is 9.31 Å². The van der Waals surface area contributed by atoms with E-state index in [-0.39, 0.29) is 22.3 Å². The molecular formula is C10H8ClFN6O2. The summed E-state index contributed by atoms with van der Waals surface area (Å²) in [6.07, 6.45) is 1.07. The summed E-state index contributed by atoms with van der Waals surface area (Å²) < 4.78 is 13.2. The van der Waals surface area contributed by atoms with E-state index in [2.05, 4.69) is 20.7 Å². The number of aromatic nitrogens is 2. The van der Waals surface area contributed by atoms with Crippen LogP contribution in [0.3, 0.4) is 0 Å². The monoisotopic (exact) mass is 298 g/mol. The van der Waals surface area contributed by atoms with Crippen LogP contribution in [0.1, 0.15) is 0 Å². The minimum absolute atomic E-state index is 0.136. The number of nitrogens with one attached hydrogen (secondary N) is 2. The molecule has 0 amide bonds. The summed E-state index contributed by atoms with van der Waals surface area (Å²) in [6.45, 7) is 0. The van der Waals surface area contributed by atoms with Crippen LogP contribution in [0.4, 0.5) is 27.4 Å². The van der Waals surface area contributed by atoms with Gasteiger partial charge in [-0.05, 0) is 18.2 Å². The van der Waals surface area contributed by atoms with Gasteiger partial charge in [-0.3, -0.25) is 10.1 Å². The summed E-state index contributed by atoms with van der Waals surface area (Å²) in [5.41, 5.74) is 1.75. The van der Waals surface area contributed by atoms with Crippen molar-refractivity contribution in [3.63, 3.8) is 0 Å². The van der Waals surface area contributed by atoms with E-state index >= 15 is 0 Å². The maximum absolute atomic E-state index is 13.2. The molecule has 1 heterocycles. The zero-order chi connectivity index (χ0) is 14.7. The number of nitro groups is 1. The molecule has 2 aromatic rings. The molecule has 104 valence electrons. The Kier molecular flexibility index (Phi) is 3.91. The maximum atomic E-state index is 13.2. The molecule has 0 unspecified atom stereocenters. The largest absolute Gasteiger partial charge is 0.354 e. The lowest BCUT2D eigenvalue weighted by atomic mass is 10.3. The minimum Gasteiger partial charge on any atom is -0.333 e. The molecule has 8 nitrogen and oxygen atoms in total. The second-order valence-corrected chi connectivity index (χ2v) is 3.98. The summed E-state index contributed by atoms with van der Waals surface area (Å²) in [6, 6.07) is 3.56. The number of anilines is 3. The third-order valence-electron chi connectivity index (χ3n) is 2.32. The number of hydrogen-bond donors (Lipinski definition) is 3. The molecule has 0 spiro atoms. The van der Waals surface area contributed by atoms with Gasteiger partial charge in [0.2, 0.25) is 11.6 Å². The summed E-state index contributed by atoms with van der Waals surface area (Å²) >= 11 is 5.87. The van der Waals surface area contributed by atoms with Crippen LogP contribution in [0.2, 0.25) is 5.02 Å². The van der Waals surface area contributed by atoms with E-state index in [1.54, 1.807) is 0 Å². The molecule has 0 aliphatic rings. The zero-order valence-corrected chi connectivity index (χ0v) is 10.6. The fraction of sp³-hybridized carbons (Fsp3) is 0. The van der Waals surface area contributed by atoms with E-state index < -0.39 is 16.4 Å². The Bertz CT molecular complexity index is 668. The summed E-state index contributed by atoms with van der Waals surface area (Å²) in [5.74, 6) is 4.25. The molecule has 0 bridgehead atoms. The molecule has 1 aromatic carbocycles. The lowest BCUT2D eigenvalue weighted by Crippen LogP contribution is -2.12. The van der Waals surface area contributed by atoms with E-state index in [1.807, 2.05) is 0 Å². The Morgan fingerprint density at radius 2 is 2.05 bits per heavy atom. The molecule has 0 atom stereocenters. The van der Waals surface area contributed by atoms with Crippen LogP contribution in [-0.2, 0) is 0 Å². The highest BCUT2D eigenvalue weighted by Gasteiger charge is 2.23. The van der Waals surface area contributed by atoms with E-state index in [1.165, 1.54) is 6.07 Å². The average molecular weight is 299 g/mol. The molecule has 0 aliphatic carbocycles. The molecule has 2 rings (SSSR count). The molecule has 20 heavy (non-hydrogen) atoms. The Balaban J connectivity index is 2.48. The predicted molar refractivity (Wildman–Crippen MR) is 71.2 cm³/mol. The first kappa shape index (κ1) is 13.9. The smallest absolute Gasteiger partial charge is 0.333 e. The molecule has 0 aliphatic heterocycles. The van der Waals surface area contributed by atoms with Crippen LogP contribution < -0.4 is 16.6 Å². The molecular weight excluding hydrogens is 291 g/mol. The molecule has 0 radical (unpaired) electrons. The number of rotatable bonds is 4. The van der Waals surface area contributed by atoms with Crippen LogP contribution in [0.25, 0.3) is 0 Å². The van der Waals surface area contributed by atoms with Crippen molar-refractivity contribution in [2.45, 2.75) is 0 Å². The fourth-order valence-electron chi connectivity index (χ4n) is 1.47. The predicted octanol–water partition coefficient (Wildman–Crippen LogP) is 2.21. The molecule has 0 fully saturated rings. The van der Waals surface area contributed by atoms with Gasteiger partial charge in [-0.25, -0.2) is 20.2 Å². The fourth-order valence-corrected chi connectivity index (χ4v) is 1.63. The van der Waals surface area contributed by atoms with Crippen LogP contribution >= 0.6 is 11.6 Å². The highest BCUT2D eigenvalue weighted by Crippen LogP contribution is 2.33. The van der Waals surface area contributed by atoms with Crippen molar-refractivity contribution in [2.75, 3.05) is 10.7 Å². The molecule has 0 saturated carbocycles. The maximum Gasteiger partial charge on any atom is 0.354 e. The van der Waals surface area contributed by atoms with Crippen LogP contribution in [0.5, 0.6) is 0 Å². The Hall–Kier alpha value is -2.52. The number of nitrogens with zero attached hydrogens (tertiary/aromatic N) is 3. The molecule has 4 N–H and O–H groups in total. The first-order valence-electron chi connectivity index (χ1n) is 5.21. The van der Waals surface area contributed by atoms with Gasteiger partial charge < -0.3 is 10.7 Å².